The highest BCUT2D eigenvalue weighted by Crippen LogP contribution is 2.30. The van der Waals surface area contributed by atoms with Crippen molar-refractivity contribution in [2.24, 2.45) is 11.5 Å². The molecule has 2 heterocycles. The average molecular weight is 498 g/mol. The zero-order valence-corrected chi connectivity index (χ0v) is 20.6. The first kappa shape index (κ1) is 26.6. The van der Waals surface area contributed by atoms with Crippen LogP contribution in [0.15, 0.2) is 42.5 Å². The van der Waals surface area contributed by atoms with Crippen molar-refractivity contribution in [2.45, 2.75) is 32.9 Å². The van der Waals surface area contributed by atoms with E-state index in [0.717, 1.165) is 47.3 Å². The summed E-state index contributed by atoms with van der Waals surface area (Å²) >= 11 is 6.54. The average Bonchev–Trinajstić information content (AvgIpc) is 2.88. The number of aliphatic carboxylic acids is 1. The van der Waals surface area contributed by atoms with E-state index in [4.69, 9.17) is 33.2 Å². The molecule has 1 amide bonds. The number of hydrogen-bond donors (Lipinski definition) is 4. The molecule has 186 valence electrons. The fourth-order valence-corrected chi connectivity index (χ4v) is 4.17. The Hall–Kier alpha value is -3.04. The molecule has 4 rings (SSSR count). The third kappa shape index (κ3) is 6.76. The molecule has 0 spiro atoms. The maximum absolute atomic E-state index is 12.8. The van der Waals surface area contributed by atoms with Crippen LogP contribution in [0.3, 0.4) is 0 Å². The number of halogens is 1. The number of carboxylic acid groups (broad SMARTS) is 1. The van der Waals surface area contributed by atoms with Gasteiger partial charge in [0.2, 0.25) is 0 Å². The summed E-state index contributed by atoms with van der Waals surface area (Å²) in [5, 5.41) is 12.6. The first-order valence-electron chi connectivity index (χ1n) is 11.7. The zero-order chi connectivity index (χ0) is 25.4. The number of fused-ring (bicyclic) bond motifs is 1. The predicted octanol–water partition coefficient (Wildman–Crippen LogP) is 3.39. The number of piperazine rings is 1. The molecule has 1 saturated heterocycles. The number of pyridine rings is 1. The molecule has 6 N–H and O–H groups in total. The lowest BCUT2D eigenvalue weighted by Gasteiger charge is -2.27. The van der Waals surface area contributed by atoms with Crippen molar-refractivity contribution in [3.63, 3.8) is 0 Å². The van der Waals surface area contributed by atoms with Gasteiger partial charge in [-0.15, -0.1) is 0 Å². The Morgan fingerprint density at radius 1 is 1.06 bits per heavy atom. The Kier molecular flexibility index (Phi) is 9.56. The molecule has 1 aromatic heterocycles. The van der Waals surface area contributed by atoms with E-state index >= 15 is 0 Å². The summed E-state index contributed by atoms with van der Waals surface area (Å²) in [7, 11) is 0. The molecule has 1 aliphatic heterocycles. The van der Waals surface area contributed by atoms with Crippen LogP contribution in [0.4, 0.5) is 0 Å². The third-order valence-corrected chi connectivity index (χ3v) is 6.13. The quantitative estimate of drug-likeness (QED) is 0.410. The normalized spacial score (nSPS) is 13.3. The fraction of sp³-hybridized carbons (Fsp3) is 0.346. The molecule has 1 aliphatic rings. The van der Waals surface area contributed by atoms with E-state index in [2.05, 4.69) is 5.32 Å². The number of rotatable bonds is 6. The van der Waals surface area contributed by atoms with Crippen LogP contribution in [0.1, 0.15) is 41.3 Å². The molecule has 35 heavy (non-hydrogen) atoms. The van der Waals surface area contributed by atoms with E-state index in [1.807, 2.05) is 54.3 Å². The number of nitrogens with one attached hydrogen (secondary N) is 1. The Labute approximate surface area is 210 Å². The SMILES string of the molecule is CCCC(=O)O.NCc1ccc(-c2cc(Cl)c3ccc(C(=O)N4CCNCC4)cc3n2)cc1CN. The van der Waals surface area contributed by atoms with Crippen LogP contribution in [0.5, 0.6) is 0 Å². The summed E-state index contributed by atoms with van der Waals surface area (Å²) in [5.41, 5.74) is 16.7. The van der Waals surface area contributed by atoms with Gasteiger partial charge in [0.25, 0.3) is 5.91 Å². The molecule has 1 fully saturated rings. The molecule has 8 nitrogen and oxygen atoms in total. The Balaban J connectivity index is 0.000000509. The maximum Gasteiger partial charge on any atom is 0.303 e. The summed E-state index contributed by atoms with van der Waals surface area (Å²) in [6.45, 7) is 5.74. The Bertz CT molecular complexity index is 1200. The fourth-order valence-electron chi connectivity index (χ4n) is 3.91. The van der Waals surface area contributed by atoms with Gasteiger partial charge in [0.15, 0.2) is 0 Å². The lowest BCUT2D eigenvalue weighted by molar-refractivity contribution is -0.137. The number of amides is 1. The third-order valence-electron chi connectivity index (χ3n) is 5.82. The molecule has 0 atom stereocenters. The van der Waals surface area contributed by atoms with Gasteiger partial charge in [-0.2, -0.15) is 0 Å². The van der Waals surface area contributed by atoms with Crippen LogP contribution in [0, 0.1) is 0 Å². The number of aromatic nitrogens is 1. The maximum atomic E-state index is 12.8. The minimum absolute atomic E-state index is 0.0226. The monoisotopic (exact) mass is 497 g/mol. The van der Waals surface area contributed by atoms with Crippen molar-refractivity contribution in [3.8, 4) is 11.3 Å². The summed E-state index contributed by atoms with van der Waals surface area (Å²) in [6.07, 6.45) is 1.02. The smallest absolute Gasteiger partial charge is 0.303 e. The molecule has 0 aliphatic carbocycles. The van der Waals surface area contributed by atoms with Crippen molar-refractivity contribution in [3.05, 3.63) is 64.2 Å². The molecule has 0 bridgehead atoms. The second-order valence-electron chi connectivity index (χ2n) is 8.30. The lowest BCUT2D eigenvalue weighted by atomic mass is 10.0. The molecule has 0 radical (unpaired) electrons. The number of carbonyl (C=O) groups excluding carboxylic acids is 1. The number of nitrogens with zero attached hydrogens (tertiary/aromatic N) is 2. The van der Waals surface area contributed by atoms with Crippen LogP contribution in [0.2, 0.25) is 5.02 Å². The summed E-state index contributed by atoms with van der Waals surface area (Å²) in [6, 6.07) is 13.3. The minimum atomic E-state index is -0.711. The molecule has 0 unspecified atom stereocenters. The summed E-state index contributed by atoms with van der Waals surface area (Å²) < 4.78 is 0. The van der Waals surface area contributed by atoms with Crippen LogP contribution in [-0.2, 0) is 17.9 Å². The van der Waals surface area contributed by atoms with Gasteiger partial charge in [-0.3, -0.25) is 9.59 Å². The second kappa shape index (κ2) is 12.6. The highest BCUT2D eigenvalue weighted by atomic mass is 35.5. The van der Waals surface area contributed by atoms with E-state index < -0.39 is 5.97 Å². The van der Waals surface area contributed by atoms with Gasteiger partial charge >= 0.3 is 5.97 Å². The second-order valence-corrected chi connectivity index (χ2v) is 8.71. The van der Waals surface area contributed by atoms with Crippen LogP contribution in [-0.4, -0.2) is 53.0 Å². The van der Waals surface area contributed by atoms with Gasteiger partial charge in [-0.1, -0.05) is 36.7 Å². The van der Waals surface area contributed by atoms with Crippen LogP contribution in [0.25, 0.3) is 22.2 Å². The van der Waals surface area contributed by atoms with Crippen molar-refractivity contribution < 1.29 is 14.7 Å². The van der Waals surface area contributed by atoms with Crippen LogP contribution >= 0.6 is 11.6 Å². The first-order valence-corrected chi connectivity index (χ1v) is 12.1. The summed E-state index contributed by atoms with van der Waals surface area (Å²) in [4.78, 5) is 29.1. The number of nitrogens with two attached hydrogens (primary N) is 2. The Morgan fingerprint density at radius 3 is 2.37 bits per heavy atom. The predicted molar refractivity (Wildman–Crippen MR) is 139 cm³/mol. The number of carbonyl (C=O) groups is 2. The van der Waals surface area contributed by atoms with Gasteiger partial charge in [-0.25, -0.2) is 4.98 Å². The van der Waals surface area contributed by atoms with E-state index in [9.17, 15) is 9.59 Å². The summed E-state index contributed by atoms with van der Waals surface area (Å²) in [5.74, 6) is -0.688. The molecular formula is C26H32ClN5O3. The highest BCUT2D eigenvalue weighted by molar-refractivity contribution is 6.35. The topological polar surface area (TPSA) is 135 Å². The van der Waals surface area contributed by atoms with Crippen molar-refractivity contribution >= 4 is 34.4 Å². The highest BCUT2D eigenvalue weighted by Gasteiger charge is 2.19. The largest absolute Gasteiger partial charge is 0.481 e. The van der Waals surface area contributed by atoms with Gasteiger partial charge in [0.05, 0.1) is 16.2 Å². The van der Waals surface area contributed by atoms with E-state index in [0.29, 0.717) is 48.7 Å². The zero-order valence-electron chi connectivity index (χ0n) is 19.9. The number of carboxylic acids is 1. The number of hydrogen-bond acceptors (Lipinski definition) is 6. The van der Waals surface area contributed by atoms with E-state index in [1.165, 1.54) is 0 Å². The molecule has 9 heteroatoms. The molecule has 3 aromatic rings. The van der Waals surface area contributed by atoms with Gasteiger partial charge in [0, 0.05) is 62.2 Å². The minimum Gasteiger partial charge on any atom is -0.481 e. The van der Waals surface area contributed by atoms with Gasteiger partial charge in [0.1, 0.15) is 0 Å². The van der Waals surface area contributed by atoms with Crippen molar-refractivity contribution in [2.75, 3.05) is 26.2 Å². The van der Waals surface area contributed by atoms with Crippen molar-refractivity contribution in [1.29, 1.82) is 0 Å². The molecule has 2 aromatic carbocycles. The Morgan fingerprint density at radius 2 is 1.77 bits per heavy atom. The molecular weight excluding hydrogens is 466 g/mol. The van der Waals surface area contributed by atoms with E-state index in [-0.39, 0.29) is 5.91 Å². The number of benzene rings is 2. The van der Waals surface area contributed by atoms with Gasteiger partial charge in [-0.05, 0) is 41.8 Å². The van der Waals surface area contributed by atoms with Crippen molar-refractivity contribution in [1.82, 2.24) is 15.2 Å². The first-order chi connectivity index (χ1) is 16.9. The lowest BCUT2D eigenvalue weighted by Crippen LogP contribution is -2.46. The van der Waals surface area contributed by atoms with E-state index in [1.54, 1.807) is 0 Å². The van der Waals surface area contributed by atoms with Crippen LogP contribution < -0.4 is 16.8 Å². The standard InChI is InChI=1S/C22H24ClN5O.C4H8O2/c23-19-11-20(14-1-2-16(12-24)17(9-14)13-25)27-21-10-15(3-4-18(19)21)22(29)28-7-5-26-6-8-28;1-2-3-4(5)6/h1-4,9-11,26H,5-8,12-13,24-25H2;2-3H2,1H3,(H,5,6). The van der Waals surface area contributed by atoms with Gasteiger partial charge < -0.3 is 26.8 Å². The molecule has 0 saturated carbocycles.